The van der Waals surface area contributed by atoms with Crippen LogP contribution in [0.4, 0.5) is 30.2 Å². The predicted octanol–water partition coefficient (Wildman–Crippen LogP) is 12.0. The molecule has 0 saturated carbocycles. The van der Waals surface area contributed by atoms with E-state index >= 15 is 0 Å². The highest BCUT2D eigenvalue weighted by molar-refractivity contribution is 6.41. The minimum Gasteiger partial charge on any atom is -0.507 e. The van der Waals surface area contributed by atoms with Crippen LogP contribution in [0.25, 0.3) is 5.57 Å². The Bertz CT molecular complexity index is 1970. The van der Waals surface area contributed by atoms with Gasteiger partial charge >= 0.3 is 6.18 Å². The molecular weight excluding hydrogens is 702 g/mol. The fourth-order valence-corrected chi connectivity index (χ4v) is 7.31. The first-order valence-electron chi connectivity index (χ1n) is 19.6. The van der Waals surface area contributed by atoms with Gasteiger partial charge in [-0.1, -0.05) is 83.9 Å². The first-order valence-corrected chi connectivity index (χ1v) is 19.6. The van der Waals surface area contributed by atoms with Gasteiger partial charge in [0.25, 0.3) is 0 Å². The number of aliphatic hydroxyl groups excluding tert-OH is 1. The number of anilines is 3. The number of aliphatic hydroxyl groups is 1. The van der Waals surface area contributed by atoms with Crippen LogP contribution >= 0.6 is 0 Å². The number of unbranched alkanes of at least 4 members (excludes halogenated alkanes) is 2. The van der Waals surface area contributed by atoms with Crippen LogP contribution in [0.5, 0.6) is 5.75 Å². The number of halogens is 3. The van der Waals surface area contributed by atoms with Gasteiger partial charge in [0, 0.05) is 59.1 Å². The minimum atomic E-state index is -4.48. The molecule has 292 valence electrons. The second-order valence-electron chi connectivity index (χ2n) is 14.7. The van der Waals surface area contributed by atoms with Gasteiger partial charge < -0.3 is 20.0 Å². The number of benzene rings is 3. The molecule has 3 aromatic rings. The molecule has 5 rings (SSSR count). The Balaban J connectivity index is 1.44. The van der Waals surface area contributed by atoms with E-state index in [0.29, 0.717) is 23.8 Å². The van der Waals surface area contributed by atoms with E-state index in [1.165, 1.54) is 24.3 Å². The molecule has 2 aliphatic carbocycles. The first kappa shape index (κ1) is 41.1. The average molecular weight is 755 g/mol. The van der Waals surface area contributed by atoms with E-state index in [1.807, 2.05) is 17.9 Å². The van der Waals surface area contributed by atoms with Gasteiger partial charge in [-0.3, -0.25) is 9.59 Å². The third kappa shape index (κ3) is 9.43. The largest absolute Gasteiger partial charge is 0.507 e. The van der Waals surface area contributed by atoms with Gasteiger partial charge in [0.1, 0.15) is 11.5 Å². The molecule has 0 radical (unpaired) electrons. The molecule has 6 nitrogen and oxygen atoms in total. The van der Waals surface area contributed by atoms with Crippen LogP contribution in [0.2, 0.25) is 0 Å². The Morgan fingerprint density at radius 1 is 0.691 bits per heavy atom. The van der Waals surface area contributed by atoms with Crippen LogP contribution in [-0.2, 0) is 15.8 Å². The lowest BCUT2D eigenvalue weighted by molar-refractivity contribution is -0.137. The van der Waals surface area contributed by atoms with Crippen molar-refractivity contribution in [3.8, 4) is 5.75 Å². The molecule has 0 fully saturated rings. The summed E-state index contributed by atoms with van der Waals surface area (Å²) in [6.07, 6.45) is 8.14. The van der Waals surface area contributed by atoms with Gasteiger partial charge in [-0.25, -0.2) is 0 Å². The van der Waals surface area contributed by atoms with Crippen molar-refractivity contribution in [3.63, 3.8) is 0 Å². The zero-order valence-corrected chi connectivity index (χ0v) is 32.5. The molecule has 0 aromatic heterocycles. The summed E-state index contributed by atoms with van der Waals surface area (Å²) >= 11 is 0. The molecule has 0 aliphatic heterocycles. The molecule has 2 N–H and O–H groups in total. The normalized spacial score (nSPS) is 16.9. The van der Waals surface area contributed by atoms with Crippen molar-refractivity contribution in [2.45, 2.75) is 92.2 Å². The molecule has 0 saturated heterocycles. The van der Waals surface area contributed by atoms with Crippen LogP contribution in [0.1, 0.15) is 95.8 Å². The number of hydrogen-bond donors (Lipinski definition) is 2. The quantitative estimate of drug-likeness (QED) is 0.134. The average Bonchev–Trinajstić information content (AvgIpc) is 3.17. The number of aryl methyl sites for hydroxylation is 1. The second kappa shape index (κ2) is 18.1. The number of Topliss-reactive ketones (excluding diaryl/α,β-unsaturated/α-hetero) is 1. The fraction of sp³-hybridized carbons (Fsp3) is 0.391. The van der Waals surface area contributed by atoms with E-state index in [2.05, 4.69) is 56.9 Å². The van der Waals surface area contributed by atoms with E-state index in [4.69, 9.17) is 0 Å². The molecule has 2 atom stereocenters. The Morgan fingerprint density at radius 2 is 1.24 bits per heavy atom. The standard InChI is InChI=1S/C46H53F3N2O4/c1-6-10-12-31(8-3)28-50(34-18-14-30(5)15-19-34)36-22-24-38(40(52)26-36)42-44(54)43(45(42)55)39-25-23-37(27-41(39)53)51(29-32(9-4)13-11-7-2)35-20-16-33(17-21-35)46(47,48)49/h14-27,31-32,52,54H,6-13,28-29H2,1-5H3. The third-order valence-corrected chi connectivity index (χ3v) is 10.9. The number of ketones is 2. The van der Waals surface area contributed by atoms with Crippen LogP contribution in [-0.4, -0.2) is 34.9 Å². The summed E-state index contributed by atoms with van der Waals surface area (Å²) in [5, 5.41) is 22.5. The second-order valence-corrected chi connectivity index (χ2v) is 14.7. The number of hydrogen-bond acceptors (Lipinski definition) is 6. The summed E-state index contributed by atoms with van der Waals surface area (Å²) in [5.74, 6) is -0.938. The Labute approximate surface area is 323 Å². The maximum atomic E-state index is 13.7. The van der Waals surface area contributed by atoms with E-state index in [9.17, 15) is 33.0 Å². The lowest BCUT2D eigenvalue weighted by atomic mass is 9.79. The van der Waals surface area contributed by atoms with Crippen LogP contribution in [0, 0.1) is 18.8 Å². The van der Waals surface area contributed by atoms with Crippen LogP contribution in [0.3, 0.4) is 0 Å². The highest BCUT2D eigenvalue weighted by atomic mass is 19.4. The molecule has 3 aromatic carbocycles. The van der Waals surface area contributed by atoms with Crippen LogP contribution in [0.15, 0.2) is 108 Å². The first-order chi connectivity index (χ1) is 26.3. The number of phenolic OH excluding ortho intramolecular Hbond substituents is 1. The van der Waals surface area contributed by atoms with Gasteiger partial charge in [0.15, 0.2) is 5.78 Å². The van der Waals surface area contributed by atoms with Crippen molar-refractivity contribution in [2.75, 3.05) is 22.9 Å². The number of nitrogens with zero attached hydrogens (tertiary/aromatic N) is 2. The van der Waals surface area contributed by atoms with Gasteiger partial charge in [-0.15, -0.1) is 0 Å². The minimum absolute atomic E-state index is 0.0136. The Morgan fingerprint density at radius 3 is 1.75 bits per heavy atom. The third-order valence-electron chi connectivity index (χ3n) is 10.9. The van der Waals surface area contributed by atoms with Crippen molar-refractivity contribution >= 4 is 34.2 Å². The van der Waals surface area contributed by atoms with Gasteiger partial charge in [-0.2, -0.15) is 13.2 Å². The lowest BCUT2D eigenvalue weighted by Crippen LogP contribution is -2.31. The fourth-order valence-electron chi connectivity index (χ4n) is 7.31. The van der Waals surface area contributed by atoms with Crippen molar-refractivity contribution in [2.24, 2.45) is 11.8 Å². The highest BCUT2D eigenvalue weighted by Crippen LogP contribution is 2.44. The highest BCUT2D eigenvalue weighted by Gasteiger charge is 2.40. The SMILES string of the molecule is CCCCC(CC)CN(C1=CC(=O)C(=C2C(=O)C(c3ccc(N(CC(CC)CCCC)c4ccc(C)cc4)cc3O)=C2O)C=C1)c1ccc(C(F)(F)F)cc1. The molecule has 2 aliphatic rings. The molecule has 9 heteroatoms. The maximum Gasteiger partial charge on any atom is 0.416 e. The summed E-state index contributed by atoms with van der Waals surface area (Å²) in [5.41, 5.74) is 3.10. The van der Waals surface area contributed by atoms with Gasteiger partial charge in [-0.05, 0) is 92.3 Å². The number of carbonyl (C=O) groups is 2. The van der Waals surface area contributed by atoms with E-state index in [0.717, 1.165) is 87.0 Å². The maximum absolute atomic E-state index is 13.7. The Hall–Kier alpha value is -5.05. The van der Waals surface area contributed by atoms with Gasteiger partial charge in [0.05, 0.1) is 16.7 Å². The van der Waals surface area contributed by atoms with Gasteiger partial charge in [0.2, 0.25) is 5.78 Å². The summed E-state index contributed by atoms with van der Waals surface area (Å²) in [7, 11) is 0. The molecule has 0 bridgehead atoms. The van der Waals surface area contributed by atoms with Crippen molar-refractivity contribution in [1.29, 1.82) is 0 Å². The van der Waals surface area contributed by atoms with E-state index in [-0.39, 0.29) is 39.7 Å². The number of phenols is 1. The topological polar surface area (TPSA) is 81.1 Å². The summed E-state index contributed by atoms with van der Waals surface area (Å²) in [6, 6.07) is 18.2. The van der Waals surface area contributed by atoms with E-state index in [1.54, 1.807) is 18.2 Å². The van der Waals surface area contributed by atoms with E-state index < -0.39 is 23.3 Å². The molecule has 0 amide bonds. The predicted molar refractivity (Wildman–Crippen MR) is 216 cm³/mol. The molecule has 0 spiro atoms. The number of aromatic hydroxyl groups is 1. The molecular formula is C46H53F3N2O4. The van der Waals surface area contributed by atoms with Crippen molar-refractivity contribution in [1.82, 2.24) is 0 Å². The molecule has 0 heterocycles. The number of alkyl halides is 3. The number of carbonyl (C=O) groups excluding carboxylic acids is 2. The number of allylic oxidation sites excluding steroid dienone is 6. The molecule has 2 unspecified atom stereocenters. The number of rotatable bonds is 17. The lowest BCUT2D eigenvalue weighted by Gasteiger charge is -2.32. The molecule has 55 heavy (non-hydrogen) atoms. The Kier molecular flexibility index (Phi) is 13.5. The zero-order chi connectivity index (χ0) is 39.9. The monoisotopic (exact) mass is 754 g/mol. The summed E-state index contributed by atoms with van der Waals surface area (Å²) < 4.78 is 40.1. The summed E-state index contributed by atoms with van der Waals surface area (Å²) in [4.78, 5) is 31.3. The van der Waals surface area contributed by atoms with Crippen molar-refractivity contribution in [3.05, 3.63) is 124 Å². The zero-order valence-electron chi connectivity index (χ0n) is 32.5. The summed E-state index contributed by atoms with van der Waals surface area (Å²) in [6.45, 7) is 11.8. The van der Waals surface area contributed by atoms with Crippen molar-refractivity contribution < 1.29 is 33.0 Å². The van der Waals surface area contributed by atoms with Crippen LogP contribution < -0.4 is 9.80 Å². The smallest absolute Gasteiger partial charge is 0.416 e.